The molecule has 1 aromatic carbocycles. The van der Waals surface area contributed by atoms with Crippen LogP contribution in [0.2, 0.25) is 0 Å². The Hall–Kier alpha value is -2.58. The van der Waals surface area contributed by atoms with Crippen LogP contribution in [0.5, 0.6) is 11.5 Å². The van der Waals surface area contributed by atoms with Crippen molar-refractivity contribution in [2.75, 3.05) is 33.1 Å². The zero-order chi connectivity index (χ0) is 21.1. The zero-order valence-corrected chi connectivity index (χ0v) is 18.1. The number of quaternary nitrogens is 1. The first-order valence-electron chi connectivity index (χ1n) is 9.61. The molecule has 1 unspecified atom stereocenters. The molecule has 3 rings (SSSR count). The summed E-state index contributed by atoms with van der Waals surface area (Å²) in [6.45, 7) is 2.94. The van der Waals surface area contributed by atoms with Crippen LogP contribution in [0.3, 0.4) is 0 Å². The summed E-state index contributed by atoms with van der Waals surface area (Å²) in [6.07, 6.45) is 2.83. The maximum absolute atomic E-state index is 12.6. The van der Waals surface area contributed by atoms with Crippen molar-refractivity contribution in [1.82, 2.24) is 0 Å². The fraction of sp³-hybridized carbons (Fsp3) is 0.429. The summed E-state index contributed by atoms with van der Waals surface area (Å²) in [4.78, 5) is 26.7. The second-order valence-electron chi connectivity index (χ2n) is 7.42. The van der Waals surface area contributed by atoms with E-state index >= 15 is 0 Å². The van der Waals surface area contributed by atoms with Gasteiger partial charge < -0.3 is 25.4 Å². The first-order chi connectivity index (χ1) is 13.8. The van der Waals surface area contributed by atoms with Gasteiger partial charge in [0.15, 0.2) is 18.0 Å². The molecule has 29 heavy (non-hydrogen) atoms. The van der Waals surface area contributed by atoms with E-state index in [-0.39, 0.29) is 12.5 Å². The van der Waals surface area contributed by atoms with E-state index in [1.54, 1.807) is 14.2 Å². The van der Waals surface area contributed by atoms with E-state index in [0.29, 0.717) is 28.6 Å². The highest BCUT2D eigenvalue weighted by Crippen LogP contribution is 2.38. The third-order valence-corrected chi connectivity index (χ3v) is 6.42. The van der Waals surface area contributed by atoms with E-state index in [1.165, 1.54) is 11.3 Å². The monoisotopic (exact) mass is 418 g/mol. The lowest BCUT2D eigenvalue weighted by Crippen LogP contribution is -3.08. The maximum atomic E-state index is 12.6. The van der Waals surface area contributed by atoms with Crippen LogP contribution in [-0.2, 0) is 24.2 Å². The number of aryl methyl sites for hydroxylation is 2. The van der Waals surface area contributed by atoms with E-state index in [1.807, 2.05) is 26.1 Å². The van der Waals surface area contributed by atoms with Crippen molar-refractivity contribution < 1.29 is 24.0 Å². The molecule has 0 saturated carbocycles. The van der Waals surface area contributed by atoms with Gasteiger partial charge in [0.25, 0.3) is 11.8 Å². The number of carbonyl (C=O) groups excluding carboxylic acids is 2. The third kappa shape index (κ3) is 4.54. The molecule has 1 aliphatic rings. The lowest BCUT2D eigenvalue weighted by Gasteiger charge is -2.17. The minimum atomic E-state index is -0.471. The Balaban J connectivity index is 1.67. The molecule has 2 amide bonds. The summed E-state index contributed by atoms with van der Waals surface area (Å²) < 4.78 is 10.7. The minimum Gasteiger partial charge on any atom is -0.493 e. The molecule has 1 aliphatic carbocycles. The number of amides is 2. The number of hydrogen-bond donors (Lipinski definition) is 3. The molecule has 0 spiro atoms. The molecule has 7 nitrogen and oxygen atoms in total. The maximum Gasteiger partial charge on any atom is 0.280 e. The molecule has 0 fully saturated rings. The number of nitrogens with one attached hydrogen (secondary N) is 2. The van der Waals surface area contributed by atoms with Crippen molar-refractivity contribution in [3.05, 3.63) is 39.3 Å². The Labute approximate surface area is 174 Å². The summed E-state index contributed by atoms with van der Waals surface area (Å²) in [5.74, 6) is 0.753. The van der Waals surface area contributed by atoms with E-state index in [4.69, 9.17) is 15.2 Å². The highest BCUT2D eigenvalue weighted by atomic mass is 32.1. The molecule has 0 radical (unpaired) electrons. The number of primary amides is 1. The summed E-state index contributed by atoms with van der Waals surface area (Å²) in [5, 5.41) is 3.49. The highest BCUT2D eigenvalue weighted by molar-refractivity contribution is 7.17. The van der Waals surface area contributed by atoms with Crippen LogP contribution in [0.15, 0.2) is 12.1 Å². The number of nitrogens with two attached hydrogens (primary N) is 1. The van der Waals surface area contributed by atoms with E-state index < -0.39 is 5.91 Å². The molecule has 1 aromatic heterocycles. The zero-order valence-electron chi connectivity index (χ0n) is 17.3. The van der Waals surface area contributed by atoms with E-state index in [2.05, 4.69) is 5.32 Å². The van der Waals surface area contributed by atoms with Crippen LogP contribution in [0, 0.1) is 6.92 Å². The lowest BCUT2D eigenvalue weighted by molar-refractivity contribution is -0.885. The normalized spacial score (nSPS) is 13.7. The molecular weight excluding hydrogens is 390 g/mol. The van der Waals surface area contributed by atoms with Crippen molar-refractivity contribution >= 4 is 28.2 Å². The molecular formula is C21H28N3O4S+. The number of rotatable bonds is 8. The Kier molecular flexibility index (Phi) is 6.44. The van der Waals surface area contributed by atoms with Crippen molar-refractivity contribution in [1.29, 1.82) is 0 Å². The van der Waals surface area contributed by atoms with Gasteiger partial charge in [-0.15, -0.1) is 11.3 Å². The van der Waals surface area contributed by atoms with Crippen molar-refractivity contribution in [2.24, 2.45) is 5.73 Å². The highest BCUT2D eigenvalue weighted by Gasteiger charge is 2.26. The fourth-order valence-corrected chi connectivity index (χ4v) is 5.11. The van der Waals surface area contributed by atoms with Crippen LogP contribution < -0.4 is 25.4 Å². The largest absolute Gasteiger partial charge is 0.493 e. The van der Waals surface area contributed by atoms with Gasteiger partial charge in [-0.05, 0) is 49.4 Å². The smallest absolute Gasteiger partial charge is 0.280 e. The van der Waals surface area contributed by atoms with Crippen LogP contribution >= 0.6 is 11.3 Å². The number of thiophene rings is 1. The standard InChI is InChI=1S/C21H27N3O4S/c1-12-8-15(27-3)16(28-4)9-13(12)10-24(2)11-18(25)23-21-19(20(22)26)14-6-5-7-17(14)29-21/h8-9H,5-7,10-11H2,1-4H3,(H2,22,26)(H,23,25)/p+1. The van der Waals surface area contributed by atoms with Crippen LogP contribution in [0.4, 0.5) is 5.00 Å². The summed E-state index contributed by atoms with van der Waals surface area (Å²) in [7, 11) is 5.17. The predicted molar refractivity (Wildman–Crippen MR) is 113 cm³/mol. The molecule has 0 bridgehead atoms. The predicted octanol–water partition coefficient (Wildman–Crippen LogP) is 1.31. The van der Waals surface area contributed by atoms with E-state index in [9.17, 15) is 9.59 Å². The summed E-state index contributed by atoms with van der Waals surface area (Å²) >= 11 is 1.48. The topological polar surface area (TPSA) is 95.1 Å². The average molecular weight is 419 g/mol. The van der Waals surface area contributed by atoms with Crippen molar-refractivity contribution in [3.63, 3.8) is 0 Å². The fourth-order valence-electron chi connectivity index (χ4n) is 3.80. The molecule has 156 valence electrons. The Bertz CT molecular complexity index is 938. The Morgan fingerprint density at radius 3 is 2.55 bits per heavy atom. The summed E-state index contributed by atoms with van der Waals surface area (Å²) in [6, 6.07) is 3.89. The van der Waals surface area contributed by atoms with Gasteiger partial charge in [0.05, 0.1) is 26.8 Å². The first kappa shape index (κ1) is 21.1. The molecule has 8 heteroatoms. The van der Waals surface area contributed by atoms with Gasteiger partial charge >= 0.3 is 0 Å². The van der Waals surface area contributed by atoms with Gasteiger partial charge in [-0.3, -0.25) is 9.59 Å². The SMILES string of the molecule is COc1cc(C)c(C[NH+](C)CC(=O)Nc2sc3c(c2C(N)=O)CCC3)cc1OC. The molecule has 0 aliphatic heterocycles. The number of anilines is 1. The lowest BCUT2D eigenvalue weighted by atomic mass is 10.1. The first-order valence-corrected chi connectivity index (χ1v) is 10.4. The van der Waals surface area contributed by atoms with Gasteiger partial charge in [-0.1, -0.05) is 0 Å². The van der Waals surface area contributed by atoms with Crippen molar-refractivity contribution in [2.45, 2.75) is 32.7 Å². The molecule has 1 atom stereocenters. The van der Waals surface area contributed by atoms with Gasteiger partial charge in [0.1, 0.15) is 11.5 Å². The number of carbonyl (C=O) groups is 2. The summed E-state index contributed by atoms with van der Waals surface area (Å²) in [5.41, 5.74) is 9.23. The van der Waals surface area contributed by atoms with Gasteiger partial charge in [-0.25, -0.2) is 0 Å². The number of benzene rings is 1. The third-order valence-electron chi connectivity index (χ3n) is 5.22. The van der Waals surface area contributed by atoms with Gasteiger partial charge in [0.2, 0.25) is 0 Å². The Morgan fingerprint density at radius 2 is 1.90 bits per heavy atom. The van der Waals surface area contributed by atoms with E-state index in [0.717, 1.165) is 45.7 Å². The van der Waals surface area contributed by atoms with Crippen LogP contribution in [-0.4, -0.2) is 39.6 Å². The van der Waals surface area contributed by atoms with Gasteiger partial charge in [0, 0.05) is 10.4 Å². The second-order valence-corrected chi connectivity index (χ2v) is 8.52. The molecule has 4 N–H and O–H groups in total. The second kappa shape index (κ2) is 8.84. The van der Waals surface area contributed by atoms with Crippen molar-refractivity contribution in [3.8, 4) is 11.5 Å². The van der Waals surface area contributed by atoms with Gasteiger partial charge in [-0.2, -0.15) is 0 Å². The average Bonchev–Trinajstić information content (AvgIpc) is 3.22. The minimum absolute atomic E-state index is 0.136. The number of ether oxygens (including phenoxy) is 2. The van der Waals surface area contributed by atoms with Crippen LogP contribution in [0.1, 0.15) is 38.3 Å². The number of likely N-dealkylation sites (N-methyl/N-ethyl adjacent to an activating group) is 1. The molecule has 2 aromatic rings. The molecule has 1 heterocycles. The quantitative estimate of drug-likeness (QED) is 0.603. The number of fused-ring (bicyclic) bond motifs is 1. The molecule has 0 saturated heterocycles. The number of methoxy groups -OCH3 is 2. The van der Waals surface area contributed by atoms with Crippen LogP contribution in [0.25, 0.3) is 0 Å². The Morgan fingerprint density at radius 1 is 1.21 bits per heavy atom. The number of hydrogen-bond acceptors (Lipinski definition) is 5.